The fourth-order valence-corrected chi connectivity index (χ4v) is 5.04. The van der Waals surface area contributed by atoms with Gasteiger partial charge in [0.15, 0.2) is 0 Å². The molecule has 4 rings (SSSR count). The standard InChI is InChI=1S/C26H20BrN3O2S/c1-17-7-13-21(14-8-17)30-25(32)23(15-18-5-3-2-4-6-18)33-26(30)22(16-28)24(31)29-20-11-9-19(27)10-12-20/h2-14,23H,15H2,1H3,(H,29,31). The number of nitrogens with zero attached hydrogens (tertiary/aromatic N) is 2. The lowest BCUT2D eigenvalue weighted by Crippen LogP contribution is -2.30. The van der Waals surface area contributed by atoms with E-state index in [1.54, 1.807) is 24.3 Å². The Balaban J connectivity index is 1.72. The second-order valence-electron chi connectivity index (χ2n) is 7.56. The highest BCUT2D eigenvalue weighted by Gasteiger charge is 2.40. The van der Waals surface area contributed by atoms with Crippen molar-refractivity contribution >= 4 is 50.9 Å². The molecule has 1 heterocycles. The van der Waals surface area contributed by atoms with Crippen LogP contribution in [0.15, 0.2) is 93.9 Å². The van der Waals surface area contributed by atoms with Crippen LogP contribution in [0, 0.1) is 18.3 Å². The molecule has 3 aromatic carbocycles. The van der Waals surface area contributed by atoms with Crippen LogP contribution >= 0.6 is 27.7 Å². The molecule has 1 saturated heterocycles. The third kappa shape index (κ3) is 5.19. The van der Waals surface area contributed by atoms with Crippen molar-refractivity contribution in [2.24, 2.45) is 0 Å². The van der Waals surface area contributed by atoms with Gasteiger partial charge < -0.3 is 5.32 Å². The van der Waals surface area contributed by atoms with Gasteiger partial charge in [-0.2, -0.15) is 5.26 Å². The fourth-order valence-electron chi connectivity index (χ4n) is 3.47. The average Bonchev–Trinajstić information content (AvgIpc) is 3.12. The summed E-state index contributed by atoms with van der Waals surface area (Å²) in [4.78, 5) is 28.0. The summed E-state index contributed by atoms with van der Waals surface area (Å²) in [5, 5.41) is 12.6. The second kappa shape index (κ2) is 10.1. The molecule has 1 atom stereocenters. The second-order valence-corrected chi connectivity index (χ2v) is 9.67. The Morgan fingerprint density at radius 3 is 2.36 bits per heavy atom. The van der Waals surface area contributed by atoms with E-state index in [4.69, 9.17) is 0 Å². The molecule has 2 amide bonds. The molecule has 0 spiro atoms. The van der Waals surface area contributed by atoms with Gasteiger partial charge in [0.25, 0.3) is 5.91 Å². The molecule has 1 fully saturated rings. The molecule has 1 aliphatic heterocycles. The van der Waals surface area contributed by atoms with Crippen molar-refractivity contribution < 1.29 is 9.59 Å². The highest BCUT2D eigenvalue weighted by molar-refractivity contribution is 9.10. The Kier molecular flexibility index (Phi) is 6.97. The average molecular weight is 518 g/mol. The van der Waals surface area contributed by atoms with Crippen LogP contribution in [-0.4, -0.2) is 17.1 Å². The number of amides is 2. The zero-order valence-electron chi connectivity index (χ0n) is 17.8. The third-order valence-corrected chi connectivity index (χ3v) is 6.96. The van der Waals surface area contributed by atoms with Crippen LogP contribution in [0.5, 0.6) is 0 Å². The molecule has 164 valence electrons. The van der Waals surface area contributed by atoms with E-state index in [0.717, 1.165) is 15.6 Å². The molecule has 1 aliphatic rings. The van der Waals surface area contributed by atoms with Crippen LogP contribution in [0.2, 0.25) is 0 Å². The SMILES string of the molecule is Cc1ccc(N2C(=O)C(Cc3ccccc3)SC2=C(C#N)C(=O)Nc2ccc(Br)cc2)cc1. The van der Waals surface area contributed by atoms with Crippen molar-refractivity contribution in [3.05, 3.63) is 105 Å². The lowest BCUT2D eigenvalue weighted by molar-refractivity contribution is -0.117. The molecule has 1 N–H and O–H groups in total. The van der Waals surface area contributed by atoms with E-state index in [-0.39, 0.29) is 11.5 Å². The number of carbonyl (C=O) groups excluding carboxylic acids is 2. The maximum absolute atomic E-state index is 13.5. The summed E-state index contributed by atoms with van der Waals surface area (Å²) < 4.78 is 0.880. The maximum Gasteiger partial charge on any atom is 0.269 e. The molecule has 0 saturated carbocycles. The first-order valence-electron chi connectivity index (χ1n) is 10.3. The Morgan fingerprint density at radius 1 is 1.06 bits per heavy atom. The molecule has 7 heteroatoms. The minimum absolute atomic E-state index is 0.0904. The predicted octanol–water partition coefficient (Wildman–Crippen LogP) is 5.82. The molecule has 0 bridgehead atoms. The van der Waals surface area contributed by atoms with Crippen molar-refractivity contribution in [3.8, 4) is 6.07 Å². The molecule has 5 nitrogen and oxygen atoms in total. The molecule has 0 aromatic heterocycles. The Bertz CT molecular complexity index is 1250. The van der Waals surface area contributed by atoms with Gasteiger partial charge >= 0.3 is 0 Å². The van der Waals surface area contributed by atoms with E-state index < -0.39 is 11.2 Å². The first kappa shape index (κ1) is 22.8. The highest BCUT2D eigenvalue weighted by atomic mass is 79.9. The van der Waals surface area contributed by atoms with Crippen LogP contribution in [0.1, 0.15) is 11.1 Å². The van der Waals surface area contributed by atoms with E-state index in [1.165, 1.54) is 16.7 Å². The molecular weight excluding hydrogens is 498 g/mol. The van der Waals surface area contributed by atoms with Crippen LogP contribution < -0.4 is 10.2 Å². The zero-order chi connectivity index (χ0) is 23.4. The Hall–Kier alpha value is -3.34. The Labute approximate surface area is 205 Å². The maximum atomic E-state index is 13.5. The van der Waals surface area contributed by atoms with E-state index in [9.17, 15) is 14.9 Å². The molecule has 0 aliphatic carbocycles. The number of hydrogen-bond acceptors (Lipinski definition) is 4. The third-order valence-electron chi connectivity index (χ3n) is 5.16. The van der Waals surface area contributed by atoms with Crippen LogP contribution in [-0.2, 0) is 16.0 Å². The van der Waals surface area contributed by atoms with Crippen molar-refractivity contribution in [1.29, 1.82) is 5.26 Å². The van der Waals surface area contributed by atoms with Gasteiger partial charge in [0.2, 0.25) is 5.91 Å². The topological polar surface area (TPSA) is 73.2 Å². The minimum Gasteiger partial charge on any atom is -0.321 e. The van der Waals surface area contributed by atoms with Crippen LogP contribution in [0.4, 0.5) is 11.4 Å². The number of anilines is 2. The van der Waals surface area contributed by atoms with Crippen molar-refractivity contribution in [3.63, 3.8) is 0 Å². The summed E-state index contributed by atoms with van der Waals surface area (Å²) in [5.74, 6) is -0.695. The number of thioether (sulfide) groups is 1. The van der Waals surface area contributed by atoms with Gasteiger partial charge in [-0.05, 0) is 55.3 Å². The number of carbonyl (C=O) groups is 2. The summed E-state index contributed by atoms with van der Waals surface area (Å²) in [7, 11) is 0. The number of nitriles is 1. The summed E-state index contributed by atoms with van der Waals surface area (Å²) >= 11 is 4.63. The van der Waals surface area contributed by atoms with Crippen molar-refractivity contribution in [2.75, 3.05) is 10.2 Å². The van der Waals surface area contributed by atoms with Crippen LogP contribution in [0.25, 0.3) is 0 Å². The van der Waals surface area contributed by atoms with E-state index in [1.807, 2.05) is 67.6 Å². The minimum atomic E-state index is -0.549. The normalized spacial score (nSPS) is 16.9. The number of halogens is 1. The van der Waals surface area contributed by atoms with Crippen molar-refractivity contribution in [2.45, 2.75) is 18.6 Å². The number of benzene rings is 3. The predicted molar refractivity (Wildman–Crippen MR) is 136 cm³/mol. The molecular formula is C26H20BrN3O2S. The summed E-state index contributed by atoms with van der Waals surface area (Å²) in [6.45, 7) is 1.96. The first-order valence-corrected chi connectivity index (χ1v) is 12.0. The largest absolute Gasteiger partial charge is 0.321 e. The lowest BCUT2D eigenvalue weighted by atomic mass is 10.1. The van der Waals surface area contributed by atoms with Crippen LogP contribution in [0.3, 0.4) is 0 Å². The molecule has 1 unspecified atom stereocenters. The zero-order valence-corrected chi connectivity index (χ0v) is 20.2. The quantitative estimate of drug-likeness (QED) is 0.341. The summed E-state index contributed by atoms with van der Waals surface area (Å²) in [5.41, 5.74) is 3.18. The van der Waals surface area contributed by atoms with E-state index in [0.29, 0.717) is 22.8 Å². The van der Waals surface area contributed by atoms with Gasteiger partial charge in [0.1, 0.15) is 16.7 Å². The van der Waals surface area contributed by atoms with Crippen molar-refractivity contribution in [1.82, 2.24) is 0 Å². The fraction of sp³-hybridized carbons (Fsp3) is 0.115. The van der Waals surface area contributed by atoms with Gasteiger partial charge in [-0.3, -0.25) is 14.5 Å². The molecule has 33 heavy (non-hydrogen) atoms. The van der Waals surface area contributed by atoms with Gasteiger partial charge in [-0.25, -0.2) is 0 Å². The van der Waals surface area contributed by atoms with Gasteiger partial charge in [0.05, 0.1) is 5.25 Å². The first-order chi connectivity index (χ1) is 16.0. The monoisotopic (exact) mass is 517 g/mol. The highest BCUT2D eigenvalue weighted by Crippen LogP contribution is 2.42. The number of hydrogen-bond donors (Lipinski definition) is 1. The summed E-state index contributed by atoms with van der Waals surface area (Å²) in [6, 6.07) is 26.3. The van der Waals surface area contributed by atoms with Gasteiger partial charge in [-0.1, -0.05) is 75.7 Å². The molecule has 0 radical (unpaired) electrons. The van der Waals surface area contributed by atoms with E-state index in [2.05, 4.69) is 21.2 Å². The van der Waals surface area contributed by atoms with Gasteiger partial charge in [0, 0.05) is 15.8 Å². The summed E-state index contributed by atoms with van der Waals surface area (Å²) in [6.07, 6.45) is 0.503. The lowest BCUT2D eigenvalue weighted by Gasteiger charge is -2.19. The Morgan fingerprint density at radius 2 is 1.73 bits per heavy atom. The molecule has 3 aromatic rings. The van der Waals surface area contributed by atoms with E-state index >= 15 is 0 Å². The number of rotatable bonds is 5. The van der Waals surface area contributed by atoms with Gasteiger partial charge in [-0.15, -0.1) is 0 Å². The number of nitrogens with one attached hydrogen (secondary N) is 1. The number of aryl methyl sites for hydroxylation is 1. The smallest absolute Gasteiger partial charge is 0.269 e.